The minimum atomic E-state index is 0.219. The number of nitrogens with zero attached hydrogens (tertiary/aromatic N) is 5. The SMILES string of the molecule is CCC1C=CC(OCCN2CCOCC2)=CN=C1c1cccc(Cn2nnc3cc(Cl)ccc32)c1. The molecule has 0 N–H and O–H groups in total. The number of fused-ring (bicyclic) bond motifs is 1. The molecule has 182 valence electrons. The Labute approximate surface area is 210 Å². The van der Waals surface area contributed by atoms with Crippen LogP contribution >= 0.6 is 11.6 Å². The van der Waals surface area contributed by atoms with Gasteiger partial charge in [0, 0.05) is 30.6 Å². The Morgan fingerprint density at radius 3 is 2.89 bits per heavy atom. The van der Waals surface area contributed by atoms with E-state index in [0.29, 0.717) is 18.2 Å². The largest absolute Gasteiger partial charge is 0.491 e. The van der Waals surface area contributed by atoms with Gasteiger partial charge in [-0.3, -0.25) is 9.89 Å². The van der Waals surface area contributed by atoms with Crippen LogP contribution in [0.25, 0.3) is 11.0 Å². The maximum absolute atomic E-state index is 6.09. The maximum Gasteiger partial charge on any atom is 0.137 e. The fourth-order valence-electron chi connectivity index (χ4n) is 4.46. The van der Waals surface area contributed by atoms with Crippen molar-refractivity contribution in [1.82, 2.24) is 19.9 Å². The number of morpholine rings is 1. The predicted molar refractivity (Wildman–Crippen MR) is 139 cm³/mol. The minimum Gasteiger partial charge on any atom is -0.491 e. The van der Waals surface area contributed by atoms with Crippen molar-refractivity contribution in [3.63, 3.8) is 0 Å². The summed E-state index contributed by atoms with van der Waals surface area (Å²) in [6.07, 6.45) is 7.07. The molecule has 3 heterocycles. The summed E-state index contributed by atoms with van der Waals surface area (Å²) in [5.41, 5.74) is 5.05. The number of hydrogen-bond donors (Lipinski definition) is 0. The Morgan fingerprint density at radius 2 is 2.03 bits per heavy atom. The van der Waals surface area contributed by atoms with Gasteiger partial charge >= 0.3 is 0 Å². The molecule has 0 radical (unpaired) electrons. The van der Waals surface area contributed by atoms with E-state index in [4.69, 9.17) is 26.1 Å². The van der Waals surface area contributed by atoms with E-state index >= 15 is 0 Å². The molecule has 1 unspecified atom stereocenters. The highest BCUT2D eigenvalue weighted by Gasteiger charge is 2.17. The zero-order chi connectivity index (χ0) is 24.0. The average Bonchev–Trinajstić information content (AvgIpc) is 3.14. The summed E-state index contributed by atoms with van der Waals surface area (Å²) < 4.78 is 13.4. The van der Waals surface area contributed by atoms with Crippen LogP contribution in [0.5, 0.6) is 0 Å². The lowest BCUT2D eigenvalue weighted by molar-refractivity contribution is 0.0281. The van der Waals surface area contributed by atoms with Gasteiger partial charge in [-0.05, 0) is 47.9 Å². The number of aliphatic imine (C=N–C) groups is 1. The molecule has 35 heavy (non-hydrogen) atoms. The summed E-state index contributed by atoms with van der Waals surface area (Å²) in [7, 11) is 0. The van der Waals surface area contributed by atoms with Crippen LogP contribution in [0.1, 0.15) is 24.5 Å². The van der Waals surface area contributed by atoms with E-state index in [-0.39, 0.29) is 5.92 Å². The smallest absolute Gasteiger partial charge is 0.137 e. The molecule has 1 atom stereocenters. The van der Waals surface area contributed by atoms with E-state index in [1.54, 1.807) is 0 Å². The zero-order valence-corrected chi connectivity index (χ0v) is 20.7. The van der Waals surface area contributed by atoms with Crippen LogP contribution < -0.4 is 0 Å². The molecule has 2 aromatic carbocycles. The normalized spacial score (nSPS) is 18.9. The van der Waals surface area contributed by atoms with Crippen LogP contribution in [0.3, 0.4) is 0 Å². The van der Waals surface area contributed by atoms with Crippen molar-refractivity contribution in [2.45, 2.75) is 19.9 Å². The van der Waals surface area contributed by atoms with E-state index in [1.165, 1.54) is 0 Å². The molecule has 1 fully saturated rings. The lowest BCUT2D eigenvalue weighted by Crippen LogP contribution is -2.38. The van der Waals surface area contributed by atoms with Gasteiger partial charge in [0.25, 0.3) is 0 Å². The van der Waals surface area contributed by atoms with Crippen LogP contribution in [-0.4, -0.2) is 65.1 Å². The van der Waals surface area contributed by atoms with Gasteiger partial charge in [-0.2, -0.15) is 0 Å². The molecule has 3 aromatic rings. The number of aromatic nitrogens is 3. The van der Waals surface area contributed by atoms with Gasteiger partial charge in [0.1, 0.15) is 17.9 Å². The number of benzene rings is 2. The Hall–Kier alpha value is -3.00. The molecule has 0 aliphatic carbocycles. The highest BCUT2D eigenvalue weighted by atomic mass is 35.5. The third kappa shape index (κ3) is 5.81. The molecule has 0 spiro atoms. The molecular formula is C27H30ClN5O2. The summed E-state index contributed by atoms with van der Waals surface area (Å²) in [6, 6.07) is 14.2. The highest BCUT2D eigenvalue weighted by Crippen LogP contribution is 2.22. The number of rotatable bonds is 8. The van der Waals surface area contributed by atoms with Crippen molar-refractivity contribution in [2.75, 3.05) is 39.5 Å². The van der Waals surface area contributed by atoms with Gasteiger partial charge in [0.05, 0.1) is 37.2 Å². The van der Waals surface area contributed by atoms with E-state index < -0.39 is 0 Å². The molecule has 2 aliphatic heterocycles. The first kappa shape index (κ1) is 23.7. The first-order valence-corrected chi connectivity index (χ1v) is 12.5. The highest BCUT2D eigenvalue weighted by molar-refractivity contribution is 6.31. The van der Waals surface area contributed by atoms with Crippen LogP contribution in [-0.2, 0) is 16.0 Å². The van der Waals surface area contributed by atoms with Crippen molar-refractivity contribution in [3.05, 3.63) is 82.7 Å². The average molecular weight is 492 g/mol. The molecule has 0 saturated carbocycles. The molecule has 8 heteroatoms. The lowest BCUT2D eigenvalue weighted by atomic mass is 9.93. The van der Waals surface area contributed by atoms with Crippen molar-refractivity contribution in [3.8, 4) is 0 Å². The molecule has 5 rings (SSSR count). The van der Waals surface area contributed by atoms with Crippen molar-refractivity contribution in [2.24, 2.45) is 10.9 Å². The monoisotopic (exact) mass is 491 g/mol. The van der Waals surface area contributed by atoms with Gasteiger partial charge < -0.3 is 9.47 Å². The molecule has 0 amide bonds. The molecule has 0 bridgehead atoms. The molecule has 7 nitrogen and oxygen atoms in total. The topological polar surface area (TPSA) is 64.8 Å². The second-order valence-corrected chi connectivity index (χ2v) is 9.24. The van der Waals surface area contributed by atoms with Crippen molar-refractivity contribution < 1.29 is 9.47 Å². The summed E-state index contributed by atoms with van der Waals surface area (Å²) in [5.74, 6) is 1.02. The van der Waals surface area contributed by atoms with Gasteiger partial charge in [0.2, 0.25) is 0 Å². The maximum atomic E-state index is 6.09. The van der Waals surface area contributed by atoms with E-state index in [9.17, 15) is 0 Å². The van der Waals surface area contributed by atoms with E-state index in [2.05, 4.69) is 58.6 Å². The third-order valence-electron chi connectivity index (χ3n) is 6.43. The Balaban J connectivity index is 1.31. The Bertz CT molecular complexity index is 1260. The number of ether oxygens (including phenoxy) is 2. The molecule has 2 aliphatic rings. The second-order valence-electron chi connectivity index (χ2n) is 8.80. The number of allylic oxidation sites excluding steroid dienone is 2. The van der Waals surface area contributed by atoms with Crippen molar-refractivity contribution in [1.29, 1.82) is 0 Å². The quantitative estimate of drug-likeness (QED) is 0.456. The van der Waals surface area contributed by atoms with Crippen LogP contribution in [0, 0.1) is 5.92 Å². The summed E-state index contributed by atoms with van der Waals surface area (Å²) in [6.45, 7) is 7.88. The molecular weight excluding hydrogens is 462 g/mol. The van der Waals surface area contributed by atoms with Gasteiger partial charge in [-0.15, -0.1) is 5.10 Å². The standard InChI is InChI=1S/C27H30ClN5O2/c1-2-21-6-8-24(35-15-12-32-10-13-34-14-11-32)18-29-27(21)22-5-3-4-20(16-22)19-33-26-9-7-23(28)17-25(26)30-31-33/h3-9,16-18,21H,2,10-15,19H2,1H3. The molecule has 1 aromatic heterocycles. The summed E-state index contributed by atoms with van der Waals surface area (Å²) in [4.78, 5) is 7.24. The molecule has 1 saturated heterocycles. The first-order valence-electron chi connectivity index (χ1n) is 12.2. The van der Waals surface area contributed by atoms with Crippen LogP contribution in [0.2, 0.25) is 5.02 Å². The lowest BCUT2D eigenvalue weighted by Gasteiger charge is -2.26. The second kappa shape index (κ2) is 11.2. The van der Waals surface area contributed by atoms with Gasteiger partial charge in [-0.1, -0.05) is 48.0 Å². The third-order valence-corrected chi connectivity index (χ3v) is 6.66. The van der Waals surface area contributed by atoms with Crippen LogP contribution in [0.15, 0.2) is 71.6 Å². The van der Waals surface area contributed by atoms with Gasteiger partial charge in [0.15, 0.2) is 0 Å². The minimum absolute atomic E-state index is 0.219. The van der Waals surface area contributed by atoms with Crippen molar-refractivity contribution >= 4 is 28.3 Å². The van der Waals surface area contributed by atoms with E-state index in [0.717, 1.165) is 72.9 Å². The Kier molecular flexibility index (Phi) is 7.57. The van der Waals surface area contributed by atoms with E-state index in [1.807, 2.05) is 29.1 Å². The zero-order valence-electron chi connectivity index (χ0n) is 19.9. The summed E-state index contributed by atoms with van der Waals surface area (Å²) in [5, 5.41) is 9.24. The number of hydrogen-bond acceptors (Lipinski definition) is 6. The Morgan fingerprint density at radius 1 is 1.14 bits per heavy atom. The predicted octanol–water partition coefficient (Wildman–Crippen LogP) is 4.71. The van der Waals surface area contributed by atoms with Gasteiger partial charge in [-0.25, -0.2) is 4.68 Å². The fraction of sp³-hybridized carbons (Fsp3) is 0.370. The van der Waals surface area contributed by atoms with Crippen LogP contribution in [0.4, 0.5) is 0 Å². The summed E-state index contributed by atoms with van der Waals surface area (Å²) >= 11 is 6.09. The number of halogens is 1. The fourth-order valence-corrected chi connectivity index (χ4v) is 4.63. The first-order chi connectivity index (χ1) is 17.2.